The molecule has 3 aromatic heterocycles. The first-order valence-corrected chi connectivity index (χ1v) is 8.07. The van der Waals surface area contributed by atoms with E-state index < -0.39 is 0 Å². The molecule has 0 radical (unpaired) electrons. The van der Waals surface area contributed by atoms with Gasteiger partial charge in [0, 0.05) is 29.0 Å². The summed E-state index contributed by atoms with van der Waals surface area (Å²) in [5.41, 5.74) is 2.76. The monoisotopic (exact) mass is 353 g/mol. The number of pyridine rings is 2. The summed E-state index contributed by atoms with van der Waals surface area (Å²) in [6, 6.07) is 15.2. The predicted molar refractivity (Wildman–Crippen MR) is 95.4 cm³/mol. The van der Waals surface area contributed by atoms with Gasteiger partial charge in [0.15, 0.2) is 0 Å². The molecule has 0 saturated carbocycles. The lowest BCUT2D eigenvalue weighted by molar-refractivity contribution is 0.616. The highest BCUT2D eigenvalue weighted by atomic mass is 35.5. The highest BCUT2D eigenvalue weighted by Crippen LogP contribution is 2.26. The third kappa shape index (κ3) is 2.94. The van der Waals surface area contributed by atoms with E-state index in [2.05, 4.69) is 4.98 Å². The number of fused-ring (bicyclic) bond motifs is 1. The fourth-order valence-electron chi connectivity index (χ4n) is 2.81. The third-order valence-electron chi connectivity index (χ3n) is 4.02. The van der Waals surface area contributed by atoms with Crippen LogP contribution in [-0.4, -0.2) is 14.0 Å². The molecule has 0 spiro atoms. The van der Waals surface area contributed by atoms with Gasteiger partial charge in [-0.1, -0.05) is 29.8 Å². The molecule has 4 aromatic rings. The van der Waals surface area contributed by atoms with Gasteiger partial charge in [0.25, 0.3) is 5.56 Å². The van der Waals surface area contributed by atoms with Crippen molar-refractivity contribution < 1.29 is 4.39 Å². The molecule has 0 aliphatic heterocycles. The van der Waals surface area contributed by atoms with Gasteiger partial charge in [-0.3, -0.25) is 9.20 Å². The second-order valence-corrected chi connectivity index (χ2v) is 6.09. The Hall–Kier alpha value is -2.92. The number of benzene rings is 1. The van der Waals surface area contributed by atoms with Crippen molar-refractivity contribution in [3.8, 4) is 11.3 Å². The van der Waals surface area contributed by atoms with Crippen molar-refractivity contribution in [1.82, 2.24) is 14.0 Å². The first-order valence-electron chi connectivity index (χ1n) is 7.70. The Balaban J connectivity index is 1.94. The molecule has 0 aliphatic carbocycles. The fourth-order valence-corrected chi connectivity index (χ4v) is 2.94. The topological polar surface area (TPSA) is 39.3 Å². The van der Waals surface area contributed by atoms with E-state index in [0.717, 1.165) is 11.3 Å². The van der Waals surface area contributed by atoms with Gasteiger partial charge in [-0.25, -0.2) is 9.37 Å². The molecule has 4 rings (SSSR count). The molecule has 0 atom stereocenters. The summed E-state index contributed by atoms with van der Waals surface area (Å²) in [4.78, 5) is 16.7. The van der Waals surface area contributed by atoms with E-state index in [4.69, 9.17) is 11.6 Å². The van der Waals surface area contributed by atoms with Gasteiger partial charge < -0.3 is 4.57 Å². The zero-order valence-corrected chi connectivity index (χ0v) is 13.8. The van der Waals surface area contributed by atoms with E-state index in [-0.39, 0.29) is 17.9 Å². The van der Waals surface area contributed by atoms with Gasteiger partial charge in [-0.15, -0.1) is 0 Å². The summed E-state index contributed by atoms with van der Waals surface area (Å²) in [5.74, 6) is -0.366. The number of rotatable bonds is 3. The Bertz CT molecular complexity index is 1120. The van der Waals surface area contributed by atoms with Crippen LogP contribution >= 0.6 is 11.6 Å². The van der Waals surface area contributed by atoms with Crippen molar-refractivity contribution in [2.45, 2.75) is 6.54 Å². The lowest BCUT2D eigenvalue weighted by atomic mass is 10.1. The SMILES string of the molecule is O=c1ccccn1Cc1c(-c2ccc(Cl)cc2)nc2ccc(F)cn12. The average Bonchev–Trinajstić information content (AvgIpc) is 2.95. The standard InChI is InChI=1S/C19H13ClFN3O/c20-14-6-4-13(5-7-14)19-16(12-23-10-2-1-3-18(23)25)24-11-15(21)8-9-17(24)22-19/h1-11H,12H2. The molecule has 25 heavy (non-hydrogen) atoms. The van der Waals surface area contributed by atoms with E-state index in [1.165, 1.54) is 18.3 Å². The summed E-state index contributed by atoms with van der Waals surface area (Å²) < 4.78 is 17.0. The highest BCUT2D eigenvalue weighted by Gasteiger charge is 2.15. The third-order valence-corrected chi connectivity index (χ3v) is 4.27. The molecule has 0 bridgehead atoms. The van der Waals surface area contributed by atoms with Crippen molar-refractivity contribution in [3.63, 3.8) is 0 Å². The molecule has 0 amide bonds. The van der Waals surface area contributed by atoms with Gasteiger partial charge >= 0.3 is 0 Å². The summed E-state index contributed by atoms with van der Waals surface area (Å²) in [7, 11) is 0. The smallest absolute Gasteiger partial charge is 0.250 e. The largest absolute Gasteiger partial charge is 0.310 e. The van der Waals surface area contributed by atoms with Gasteiger partial charge in [-0.2, -0.15) is 0 Å². The molecule has 4 nitrogen and oxygen atoms in total. The van der Waals surface area contributed by atoms with Crippen LogP contribution in [0, 0.1) is 5.82 Å². The molecule has 0 saturated heterocycles. The van der Waals surface area contributed by atoms with Crippen LogP contribution < -0.4 is 5.56 Å². The molecule has 124 valence electrons. The normalized spacial score (nSPS) is 11.1. The van der Waals surface area contributed by atoms with Crippen LogP contribution in [0.1, 0.15) is 5.69 Å². The second kappa shape index (κ2) is 6.18. The van der Waals surface area contributed by atoms with E-state index >= 15 is 0 Å². The number of imidazole rings is 1. The van der Waals surface area contributed by atoms with Crippen molar-refractivity contribution in [1.29, 1.82) is 0 Å². The Morgan fingerprint density at radius 2 is 1.84 bits per heavy atom. The molecule has 0 aliphatic rings. The zero-order chi connectivity index (χ0) is 17.4. The van der Waals surface area contributed by atoms with Crippen molar-refractivity contribution in [2.24, 2.45) is 0 Å². The van der Waals surface area contributed by atoms with Gasteiger partial charge in [0.1, 0.15) is 11.5 Å². The van der Waals surface area contributed by atoms with Crippen LogP contribution in [0.5, 0.6) is 0 Å². The van der Waals surface area contributed by atoms with E-state index in [1.807, 2.05) is 12.1 Å². The minimum absolute atomic E-state index is 0.129. The Kier molecular flexibility index (Phi) is 3.86. The second-order valence-electron chi connectivity index (χ2n) is 5.66. The summed E-state index contributed by atoms with van der Waals surface area (Å²) in [6.07, 6.45) is 3.08. The predicted octanol–water partition coefficient (Wildman–Crippen LogP) is 4.00. The van der Waals surface area contributed by atoms with Crippen LogP contribution in [0.25, 0.3) is 16.9 Å². The van der Waals surface area contributed by atoms with Crippen LogP contribution in [0.3, 0.4) is 0 Å². The van der Waals surface area contributed by atoms with Crippen molar-refractivity contribution in [3.05, 3.63) is 93.9 Å². The van der Waals surface area contributed by atoms with E-state index in [0.29, 0.717) is 16.4 Å². The van der Waals surface area contributed by atoms with Gasteiger partial charge in [0.2, 0.25) is 0 Å². The molecular weight excluding hydrogens is 341 g/mol. The number of hydrogen-bond donors (Lipinski definition) is 0. The lowest BCUT2D eigenvalue weighted by Gasteiger charge is -2.08. The van der Waals surface area contributed by atoms with Gasteiger partial charge in [-0.05, 0) is 30.3 Å². The molecule has 3 heterocycles. The van der Waals surface area contributed by atoms with Crippen LogP contribution in [0.2, 0.25) is 5.02 Å². The summed E-state index contributed by atoms with van der Waals surface area (Å²) in [5, 5.41) is 0.624. The quantitative estimate of drug-likeness (QED) is 0.558. The van der Waals surface area contributed by atoms with Crippen molar-refractivity contribution >= 4 is 17.2 Å². The minimum Gasteiger partial charge on any atom is -0.310 e. The Morgan fingerprint density at radius 3 is 2.60 bits per heavy atom. The summed E-state index contributed by atoms with van der Waals surface area (Å²) >= 11 is 5.97. The minimum atomic E-state index is -0.366. The molecule has 0 N–H and O–H groups in total. The maximum absolute atomic E-state index is 13.8. The van der Waals surface area contributed by atoms with Crippen LogP contribution in [0.4, 0.5) is 4.39 Å². The first kappa shape index (κ1) is 15.6. The molecule has 0 fully saturated rings. The maximum Gasteiger partial charge on any atom is 0.250 e. The maximum atomic E-state index is 13.8. The Labute approximate surface area is 147 Å². The number of hydrogen-bond acceptors (Lipinski definition) is 2. The van der Waals surface area contributed by atoms with Gasteiger partial charge in [0.05, 0.1) is 17.9 Å². The first-order chi connectivity index (χ1) is 12.1. The lowest BCUT2D eigenvalue weighted by Crippen LogP contribution is -2.19. The molecule has 0 unspecified atom stereocenters. The fraction of sp³-hybridized carbons (Fsp3) is 0.0526. The molecular formula is C19H13ClFN3O. The van der Waals surface area contributed by atoms with E-state index in [9.17, 15) is 9.18 Å². The van der Waals surface area contributed by atoms with Crippen LogP contribution in [0.15, 0.2) is 71.8 Å². The highest BCUT2D eigenvalue weighted by molar-refractivity contribution is 6.30. The Morgan fingerprint density at radius 1 is 1.04 bits per heavy atom. The molecule has 1 aromatic carbocycles. The summed E-state index contributed by atoms with van der Waals surface area (Å²) in [6.45, 7) is 0.280. The zero-order valence-electron chi connectivity index (χ0n) is 13.1. The van der Waals surface area contributed by atoms with Crippen molar-refractivity contribution in [2.75, 3.05) is 0 Å². The van der Waals surface area contributed by atoms with E-state index in [1.54, 1.807) is 45.5 Å². The van der Waals surface area contributed by atoms with Crippen LogP contribution in [-0.2, 0) is 6.54 Å². The number of aromatic nitrogens is 3. The number of nitrogens with zero attached hydrogens (tertiary/aromatic N) is 3. The average molecular weight is 354 g/mol. The molecule has 6 heteroatoms. The number of halogens is 2.